The number of esters is 1. The van der Waals surface area contributed by atoms with Gasteiger partial charge in [0.25, 0.3) is 5.24 Å². The molecule has 0 aromatic heterocycles. The molecule has 2 aliphatic heterocycles. The number of likely N-dealkylation sites (tertiary alicyclic amines) is 1. The van der Waals surface area contributed by atoms with Gasteiger partial charge in [0.15, 0.2) is 0 Å². The molecule has 0 saturated carbocycles. The summed E-state index contributed by atoms with van der Waals surface area (Å²) in [4.78, 5) is 30.3. The van der Waals surface area contributed by atoms with Crippen LogP contribution in [0.3, 0.4) is 0 Å². The van der Waals surface area contributed by atoms with Crippen molar-refractivity contribution in [3.63, 3.8) is 0 Å². The summed E-state index contributed by atoms with van der Waals surface area (Å²) in [5.74, 6) is -0.268. The molecule has 0 unspecified atom stereocenters. The molecule has 0 radical (unpaired) electrons. The number of nitrogens with zero attached hydrogens (tertiary/aromatic N) is 2. The van der Waals surface area contributed by atoms with E-state index in [4.69, 9.17) is 4.74 Å². The van der Waals surface area contributed by atoms with Crippen LogP contribution >= 0.6 is 11.8 Å². The maximum Gasteiger partial charge on any atom is 0.416 e. The van der Waals surface area contributed by atoms with Gasteiger partial charge in [-0.05, 0) is 82.1 Å². The number of nitrogens with one attached hydrogen (secondary N) is 1. The van der Waals surface area contributed by atoms with Crippen molar-refractivity contribution < 1.29 is 40.7 Å². The number of ether oxygens (including phenoxy) is 1. The number of amides is 1. The number of alkyl halides is 6. The van der Waals surface area contributed by atoms with Crippen molar-refractivity contribution in [1.29, 1.82) is 0 Å². The predicted molar refractivity (Wildman–Crippen MR) is 127 cm³/mol. The van der Waals surface area contributed by atoms with Gasteiger partial charge in [-0.2, -0.15) is 26.3 Å². The van der Waals surface area contributed by atoms with E-state index in [-0.39, 0.29) is 41.7 Å². The molecule has 0 atom stereocenters. The number of halogens is 6. The molecule has 37 heavy (non-hydrogen) atoms. The van der Waals surface area contributed by atoms with E-state index in [1.807, 2.05) is 6.08 Å². The molecular weight excluding hydrogens is 524 g/mol. The molecule has 2 aliphatic rings. The monoisotopic (exact) mass is 551 g/mol. The Morgan fingerprint density at radius 2 is 1.78 bits per heavy atom. The normalized spacial score (nSPS) is 20.5. The van der Waals surface area contributed by atoms with E-state index in [1.165, 1.54) is 0 Å². The molecule has 3 rings (SSSR count). The van der Waals surface area contributed by atoms with Gasteiger partial charge in [-0.15, -0.1) is 0 Å². The van der Waals surface area contributed by atoms with Crippen molar-refractivity contribution in [3.05, 3.63) is 45.9 Å². The summed E-state index contributed by atoms with van der Waals surface area (Å²) in [5, 5.41) is 2.25. The van der Waals surface area contributed by atoms with Gasteiger partial charge in [0, 0.05) is 6.54 Å². The van der Waals surface area contributed by atoms with Crippen LogP contribution in [0.25, 0.3) is 0 Å². The van der Waals surface area contributed by atoms with Gasteiger partial charge in [0.1, 0.15) is 18.0 Å². The van der Waals surface area contributed by atoms with Crippen LogP contribution in [0.4, 0.5) is 31.1 Å². The van der Waals surface area contributed by atoms with Gasteiger partial charge in [-0.1, -0.05) is 12.1 Å². The van der Waals surface area contributed by atoms with Crippen LogP contribution in [0.1, 0.15) is 50.3 Å². The van der Waals surface area contributed by atoms with Crippen LogP contribution in [0.2, 0.25) is 0 Å². The van der Waals surface area contributed by atoms with Crippen molar-refractivity contribution in [2.24, 2.45) is 10.9 Å². The zero-order chi connectivity index (χ0) is 27.6. The average Bonchev–Trinajstić information content (AvgIpc) is 3.10. The van der Waals surface area contributed by atoms with Crippen molar-refractivity contribution in [1.82, 2.24) is 10.2 Å². The molecule has 13 heteroatoms. The van der Waals surface area contributed by atoms with Crippen LogP contribution in [-0.2, 0) is 28.4 Å². The smallest absolute Gasteiger partial charge is 0.416 e. The fourth-order valence-electron chi connectivity index (χ4n) is 3.97. The molecule has 0 bridgehead atoms. The maximum absolute atomic E-state index is 13.5. The van der Waals surface area contributed by atoms with E-state index in [2.05, 4.69) is 10.3 Å². The van der Waals surface area contributed by atoms with Gasteiger partial charge < -0.3 is 10.1 Å². The number of benzene rings is 1. The molecule has 1 aromatic carbocycles. The average molecular weight is 552 g/mol. The van der Waals surface area contributed by atoms with Gasteiger partial charge in [0.2, 0.25) is 0 Å². The van der Waals surface area contributed by atoms with Crippen molar-refractivity contribution in [2.75, 3.05) is 19.6 Å². The third-order valence-electron chi connectivity index (χ3n) is 5.60. The van der Waals surface area contributed by atoms with Crippen molar-refractivity contribution in [2.45, 2.75) is 58.1 Å². The van der Waals surface area contributed by atoms with Gasteiger partial charge in [0.05, 0.1) is 16.0 Å². The van der Waals surface area contributed by atoms with E-state index in [9.17, 15) is 35.9 Å². The number of hydrogen-bond donors (Lipinski definition) is 1. The lowest BCUT2D eigenvalue weighted by Crippen LogP contribution is -2.33. The molecule has 0 aliphatic carbocycles. The highest BCUT2D eigenvalue weighted by Gasteiger charge is 2.38. The lowest BCUT2D eigenvalue weighted by Gasteiger charge is -2.31. The summed E-state index contributed by atoms with van der Waals surface area (Å²) < 4.78 is 84.3. The first-order valence-electron chi connectivity index (χ1n) is 11.5. The highest BCUT2D eigenvalue weighted by atomic mass is 32.2. The second-order valence-electron chi connectivity index (χ2n) is 9.78. The summed E-state index contributed by atoms with van der Waals surface area (Å²) in [5.41, 5.74) is -3.51. The first-order valence-corrected chi connectivity index (χ1v) is 12.3. The van der Waals surface area contributed by atoms with Crippen molar-refractivity contribution >= 4 is 28.8 Å². The first-order chi connectivity index (χ1) is 17.0. The highest BCUT2D eigenvalue weighted by Crippen LogP contribution is 2.38. The fraction of sp³-hybridized carbons (Fsp3) is 0.542. The zero-order valence-electron chi connectivity index (χ0n) is 20.4. The Bertz CT molecular complexity index is 1080. The van der Waals surface area contributed by atoms with E-state index < -0.39 is 35.0 Å². The Balaban J connectivity index is 1.64. The zero-order valence-corrected chi connectivity index (χ0v) is 21.2. The summed E-state index contributed by atoms with van der Waals surface area (Å²) in [6.07, 6.45) is -6.78. The lowest BCUT2D eigenvalue weighted by atomic mass is 9.95. The Morgan fingerprint density at radius 3 is 2.35 bits per heavy atom. The summed E-state index contributed by atoms with van der Waals surface area (Å²) in [7, 11) is 0. The number of rotatable bonds is 5. The Hall–Kier alpha value is -2.54. The fourth-order valence-corrected chi connectivity index (χ4v) is 4.79. The number of carbonyl (C=O) groups excluding carboxylic acids is 2. The largest absolute Gasteiger partial charge is 0.459 e. The molecule has 1 N–H and O–H groups in total. The minimum atomic E-state index is -4.91. The minimum Gasteiger partial charge on any atom is -0.459 e. The minimum absolute atomic E-state index is 0.00729. The van der Waals surface area contributed by atoms with Crippen LogP contribution in [0.5, 0.6) is 0 Å². The van der Waals surface area contributed by atoms with Crippen LogP contribution < -0.4 is 5.32 Å². The van der Waals surface area contributed by atoms with Gasteiger partial charge in [-0.25, -0.2) is 0 Å². The number of thioether (sulfide) groups is 1. The quantitative estimate of drug-likeness (QED) is 0.358. The third kappa shape index (κ3) is 8.49. The predicted octanol–water partition coefficient (Wildman–Crippen LogP) is 6.02. The van der Waals surface area contributed by atoms with E-state index in [0.29, 0.717) is 36.9 Å². The summed E-state index contributed by atoms with van der Waals surface area (Å²) >= 11 is 0.941. The topological polar surface area (TPSA) is 71.0 Å². The van der Waals surface area contributed by atoms with Gasteiger partial charge >= 0.3 is 18.3 Å². The molecule has 6 nitrogen and oxygen atoms in total. The van der Waals surface area contributed by atoms with Crippen LogP contribution in [0, 0.1) is 5.92 Å². The molecule has 204 valence electrons. The summed E-state index contributed by atoms with van der Waals surface area (Å²) in [6, 6.07) is 1.72. The number of aliphatic imine (C=N–C) groups is 1. The lowest BCUT2D eigenvalue weighted by molar-refractivity contribution is -0.153. The van der Waals surface area contributed by atoms with Crippen LogP contribution in [-0.4, -0.2) is 47.2 Å². The van der Waals surface area contributed by atoms with Crippen molar-refractivity contribution in [3.8, 4) is 0 Å². The third-order valence-corrected chi connectivity index (χ3v) is 6.44. The van der Waals surface area contributed by atoms with E-state index in [1.54, 1.807) is 25.7 Å². The number of piperidine rings is 1. The Morgan fingerprint density at radius 1 is 1.14 bits per heavy atom. The molecule has 1 amide bonds. The number of hydrogen-bond acceptors (Lipinski definition) is 6. The van der Waals surface area contributed by atoms with E-state index >= 15 is 0 Å². The maximum atomic E-state index is 13.5. The molecule has 0 spiro atoms. The first kappa shape index (κ1) is 29.0. The van der Waals surface area contributed by atoms with Crippen LogP contribution in [0.15, 0.2) is 34.2 Å². The molecule has 2 saturated heterocycles. The highest BCUT2D eigenvalue weighted by molar-refractivity contribution is 8.18. The van der Waals surface area contributed by atoms with E-state index in [0.717, 1.165) is 17.8 Å². The number of carbonyl (C=O) groups is 2. The molecule has 2 fully saturated rings. The summed E-state index contributed by atoms with van der Waals surface area (Å²) in [6.45, 7) is 5.62. The Labute approximate surface area is 214 Å². The standard InChI is InChI=1S/C24H27F6N3O3S/c1-22(2,3)36-19(34)12-31-20-18(37-21(35)32-20)10-14-6-8-33(9-7-14)13-15-4-5-16(23(25,26)27)11-17(15)24(28,29)30/h4-5,10-11,14H,6-9,12-13H2,1-3H3,(H,31,32,35). The Kier molecular flexibility index (Phi) is 8.68. The molecule has 2 heterocycles. The second-order valence-corrected chi connectivity index (χ2v) is 10.8. The SMILES string of the molecule is CC(C)(C)OC(=O)CN=C1NC(=O)SC1=CC1CCN(Cc2ccc(C(F)(F)F)cc2C(F)(F)F)CC1. The number of allylic oxidation sites excluding steroid dienone is 1. The number of amidine groups is 1. The second kappa shape index (κ2) is 11.1. The van der Waals surface area contributed by atoms with Gasteiger partial charge in [-0.3, -0.25) is 19.5 Å². The molecule has 1 aromatic rings. The molecular formula is C24H27F6N3O3S.